The molecule has 1 aliphatic rings. The Morgan fingerprint density at radius 2 is 2.05 bits per heavy atom. The molecule has 0 spiro atoms. The summed E-state index contributed by atoms with van der Waals surface area (Å²) in [6.07, 6.45) is 4.21. The molecule has 0 fully saturated rings. The normalized spacial score (nSPS) is 16.8. The van der Waals surface area contributed by atoms with Gasteiger partial charge in [-0.2, -0.15) is 0 Å². The lowest BCUT2D eigenvalue weighted by Gasteiger charge is -2.16. The summed E-state index contributed by atoms with van der Waals surface area (Å²) >= 11 is 0. The van der Waals surface area contributed by atoms with Crippen molar-refractivity contribution in [2.24, 2.45) is 0 Å². The third-order valence-electron chi connectivity index (χ3n) is 3.90. The van der Waals surface area contributed by atoms with Gasteiger partial charge in [-0.1, -0.05) is 12.1 Å². The van der Waals surface area contributed by atoms with Crippen LogP contribution >= 0.6 is 0 Å². The molecule has 3 nitrogen and oxygen atoms in total. The second kappa shape index (κ2) is 4.99. The Hall–Kier alpha value is -1.32. The number of fused-ring (bicyclic) bond motifs is 3. The van der Waals surface area contributed by atoms with Crippen molar-refractivity contribution in [1.29, 1.82) is 0 Å². The van der Waals surface area contributed by atoms with Gasteiger partial charge in [-0.3, -0.25) is 0 Å². The van der Waals surface area contributed by atoms with Crippen LogP contribution < -0.4 is 0 Å². The zero-order valence-corrected chi connectivity index (χ0v) is 11.6. The quantitative estimate of drug-likeness (QED) is 0.920. The molecule has 0 aliphatic heterocycles. The Balaban J connectivity index is 1.97. The van der Waals surface area contributed by atoms with Crippen molar-refractivity contribution in [1.82, 2.24) is 4.90 Å². The van der Waals surface area contributed by atoms with Crippen LogP contribution in [0, 0.1) is 0 Å². The minimum absolute atomic E-state index is 0.457. The van der Waals surface area contributed by atoms with Crippen molar-refractivity contribution in [2.45, 2.75) is 31.8 Å². The minimum atomic E-state index is -0.457. The average Bonchev–Trinajstić information content (AvgIpc) is 2.75. The molecular weight excluding hydrogens is 238 g/mol. The number of furan rings is 1. The molecule has 1 aromatic heterocycles. The fraction of sp³-hybridized carbons (Fsp3) is 0.500. The van der Waals surface area contributed by atoms with E-state index in [-0.39, 0.29) is 0 Å². The molecule has 2 aromatic rings. The fourth-order valence-electron chi connectivity index (χ4n) is 2.94. The first kappa shape index (κ1) is 12.7. The lowest BCUT2D eigenvalue weighted by molar-refractivity contribution is 0.138. The molecule has 0 saturated carbocycles. The highest BCUT2D eigenvalue weighted by Crippen LogP contribution is 2.33. The highest BCUT2D eigenvalue weighted by molar-refractivity contribution is 5.83. The Morgan fingerprint density at radius 3 is 2.84 bits per heavy atom. The molecule has 0 saturated heterocycles. The second-order valence-electron chi connectivity index (χ2n) is 5.74. The van der Waals surface area contributed by atoms with Crippen LogP contribution in [0.4, 0.5) is 0 Å². The van der Waals surface area contributed by atoms with E-state index in [1.54, 1.807) is 0 Å². The summed E-state index contributed by atoms with van der Waals surface area (Å²) in [6, 6.07) is 6.14. The maximum absolute atomic E-state index is 10.2. The van der Waals surface area contributed by atoms with Crippen LogP contribution in [0.2, 0.25) is 0 Å². The van der Waals surface area contributed by atoms with Gasteiger partial charge in [-0.05, 0) is 45.0 Å². The molecule has 0 bridgehead atoms. The van der Waals surface area contributed by atoms with Crippen LogP contribution in [0.3, 0.4) is 0 Å². The first-order chi connectivity index (χ1) is 9.15. The summed E-state index contributed by atoms with van der Waals surface area (Å²) in [6.45, 7) is 0.631. The van der Waals surface area contributed by atoms with E-state index in [1.807, 2.05) is 31.1 Å². The van der Waals surface area contributed by atoms with Gasteiger partial charge in [0.1, 0.15) is 11.3 Å². The number of aliphatic hydroxyl groups excluding tert-OH is 1. The zero-order valence-electron chi connectivity index (χ0n) is 11.6. The molecule has 3 rings (SSSR count). The van der Waals surface area contributed by atoms with Crippen molar-refractivity contribution in [3.63, 3.8) is 0 Å². The fourth-order valence-corrected chi connectivity index (χ4v) is 2.94. The number of likely N-dealkylation sites (N-methyl/N-ethyl adjacent to an activating group) is 1. The second-order valence-corrected chi connectivity index (χ2v) is 5.74. The number of hydrogen-bond acceptors (Lipinski definition) is 3. The van der Waals surface area contributed by atoms with E-state index in [0.29, 0.717) is 6.54 Å². The third kappa shape index (κ3) is 2.40. The van der Waals surface area contributed by atoms with Gasteiger partial charge < -0.3 is 14.4 Å². The van der Waals surface area contributed by atoms with Gasteiger partial charge >= 0.3 is 0 Å². The lowest BCUT2D eigenvalue weighted by atomic mass is 9.95. The van der Waals surface area contributed by atoms with Crippen LogP contribution in [-0.2, 0) is 12.8 Å². The third-order valence-corrected chi connectivity index (χ3v) is 3.90. The zero-order chi connectivity index (χ0) is 13.4. The van der Waals surface area contributed by atoms with Gasteiger partial charge in [0.25, 0.3) is 0 Å². The van der Waals surface area contributed by atoms with E-state index in [2.05, 4.69) is 6.07 Å². The van der Waals surface area contributed by atoms with E-state index in [0.717, 1.165) is 29.7 Å². The van der Waals surface area contributed by atoms with E-state index in [1.165, 1.54) is 23.8 Å². The van der Waals surface area contributed by atoms with Crippen molar-refractivity contribution < 1.29 is 9.52 Å². The monoisotopic (exact) mass is 259 g/mol. The first-order valence-electron chi connectivity index (χ1n) is 7.02. The van der Waals surface area contributed by atoms with E-state index >= 15 is 0 Å². The molecule has 1 aliphatic carbocycles. The SMILES string of the molecule is CN(C)CC(O)c1ccc2c3c(oc2c1)CCCC3. The number of nitrogens with zero attached hydrogens (tertiary/aromatic N) is 1. The standard InChI is InChI=1S/C16H21NO2/c1-17(2)10-14(18)11-7-8-13-12-5-3-4-6-15(12)19-16(13)9-11/h7-9,14,18H,3-6,10H2,1-2H3. The molecule has 3 heteroatoms. The number of rotatable bonds is 3. The van der Waals surface area contributed by atoms with Gasteiger partial charge in [-0.25, -0.2) is 0 Å². The van der Waals surface area contributed by atoms with Gasteiger partial charge in [0.05, 0.1) is 6.10 Å². The highest BCUT2D eigenvalue weighted by Gasteiger charge is 2.18. The Morgan fingerprint density at radius 1 is 1.26 bits per heavy atom. The van der Waals surface area contributed by atoms with Crippen LogP contribution in [0.25, 0.3) is 11.0 Å². The van der Waals surface area contributed by atoms with Gasteiger partial charge in [-0.15, -0.1) is 0 Å². The summed E-state index contributed by atoms with van der Waals surface area (Å²) in [7, 11) is 3.93. The van der Waals surface area contributed by atoms with Crippen LogP contribution in [0.15, 0.2) is 22.6 Å². The summed E-state index contributed by atoms with van der Waals surface area (Å²) < 4.78 is 5.96. The number of aliphatic hydroxyl groups is 1. The maximum atomic E-state index is 10.2. The smallest absolute Gasteiger partial charge is 0.134 e. The highest BCUT2D eigenvalue weighted by atomic mass is 16.3. The largest absolute Gasteiger partial charge is 0.461 e. The van der Waals surface area contributed by atoms with Gasteiger partial charge in [0.15, 0.2) is 0 Å². The minimum Gasteiger partial charge on any atom is -0.461 e. The van der Waals surface area contributed by atoms with Gasteiger partial charge in [0, 0.05) is 23.9 Å². The Kier molecular flexibility index (Phi) is 3.33. The summed E-state index contributed by atoms with van der Waals surface area (Å²) in [5, 5.41) is 11.4. The Labute approximate surface area is 113 Å². The summed E-state index contributed by atoms with van der Waals surface area (Å²) in [5.74, 6) is 1.15. The number of benzene rings is 1. The molecule has 1 aromatic carbocycles. The molecule has 102 valence electrons. The number of hydrogen-bond donors (Lipinski definition) is 1. The maximum Gasteiger partial charge on any atom is 0.134 e. The topological polar surface area (TPSA) is 36.6 Å². The molecule has 1 unspecified atom stereocenters. The van der Waals surface area contributed by atoms with Crippen molar-refractivity contribution in [3.05, 3.63) is 35.1 Å². The molecule has 0 amide bonds. The van der Waals surface area contributed by atoms with Crippen LogP contribution in [-0.4, -0.2) is 30.6 Å². The van der Waals surface area contributed by atoms with Crippen LogP contribution in [0.1, 0.15) is 35.8 Å². The Bertz CT molecular complexity index is 586. The molecule has 1 N–H and O–H groups in total. The van der Waals surface area contributed by atoms with Crippen molar-refractivity contribution in [2.75, 3.05) is 20.6 Å². The van der Waals surface area contributed by atoms with Gasteiger partial charge in [0.2, 0.25) is 0 Å². The number of aryl methyl sites for hydroxylation is 2. The first-order valence-corrected chi connectivity index (χ1v) is 7.02. The predicted molar refractivity (Wildman–Crippen MR) is 76.4 cm³/mol. The average molecular weight is 259 g/mol. The van der Waals surface area contributed by atoms with Crippen molar-refractivity contribution >= 4 is 11.0 Å². The molecule has 1 atom stereocenters. The molecular formula is C16H21NO2. The van der Waals surface area contributed by atoms with E-state index in [4.69, 9.17) is 4.42 Å². The van der Waals surface area contributed by atoms with E-state index < -0.39 is 6.10 Å². The molecule has 19 heavy (non-hydrogen) atoms. The summed E-state index contributed by atoms with van der Waals surface area (Å²) in [4.78, 5) is 1.99. The van der Waals surface area contributed by atoms with Crippen LogP contribution in [0.5, 0.6) is 0 Å². The molecule has 1 heterocycles. The van der Waals surface area contributed by atoms with Crippen molar-refractivity contribution in [3.8, 4) is 0 Å². The summed E-state index contributed by atoms with van der Waals surface area (Å²) in [5.41, 5.74) is 3.25. The predicted octanol–water partition coefficient (Wildman–Crippen LogP) is 2.91. The lowest BCUT2D eigenvalue weighted by Crippen LogP contribution is -2.19. The molecule has 0 radical (unpaired) electrons. The van der Waals surface area contributed by atoms with E-state index in [9.17, 15) is 5.11 Å².